The highest BCUT2D eigenvalue weighted by atomic mass is 16.2. The maximum Gasteiger partial charge on any atom is 0.236 e. The van der Waals surface area contributed by atoms with Crippen LogP contribution in [0.1, 0.15) is 49.3 Å². The van der Waals surface area contributed by atoms with Crippen molar-refractivity contribution in [3.8, 4) is 0 Å². The summed E-state index contributed by atoms with van der Waals surface area (Å²) in [6.45, 7) is 2.59. The van der Waals surface area contributed by atoms with Crippen molar-refractivity contribution in [2.45, 2.75) is 44.2 Å². The predicted molar refractivity (Wildman–Crippen MR) is 89.9 cm³/mol. The predicted octanol–water partition coefficient (Wildman–Crippen LogP) is 0.178. The van der Waals surface area contributed by atoms with Crippen LogP contribution in [0.2, 0.25) is 0 Å². The zero-order valence-corrected chi connectivity index (χ0v) is 14.5. The molecule has 2 fully saturated rings. The van der Waals surface area contributed by atoms with Gasteiger partial charge in [-0.25, -0.2) is 9.67 Å². The van der Waals surface area contributed by atoms with Crippen molar-refractivity contribution < 1.29 is 4.79 Å². The third kappa shape index (κ3) is 3.41. The normalized spacial score (nSPS) is 18.7. The van der Waals surface area contributed by atoms with Gasteiger partial charge in [-0.05, 0) is 32.7 Å². The van der Waals surface area contributed by atoms with E-state index >= 15 is 0 Å². The molecule has 0 atom stereocenters. The van der Waals surface area contributed by atoms with Crippen LogP contribution >= 0.6 is 0 Å². The molecule has 2 aromatic rings. The molecule has 4 rings (SSSR count). The van der Waals surface area contributed by atoms with Crippen LogP contribution in [0.5, 0.6) is 0 Å². The summed E-state index contributed by atoms with van der Waals surface area (Å²) in [7, 11) is 1.80. The number of carbonyl (C=O) groups is 1. The minimum absolute atomic E-state index is 0.177. The van der Waals surface area contributed by atoms with E-state index in [2.05, 4.69) is 30.2 Å². The van der Waals surface area contributed by atoms with Gasteiger partial charge in [-0.3, -0.25) is 4.79 Å². The van der Waals surface area contributed by atoms with Gasteiger partial charge in [0.15, 0.2) is 5.82 Å². The molecule has 0 aromatic carbocycles. The highest BCUT2D eigenvalue weighted by Gasteiger charge is 2.34. The molecule has 1 aliphatic heterocycles. The number of carbonyl (C=O) groups excluding carboxylic acids is 1. The van der Waals surface area contributed by atoms with Crippen LogP contribution in [0.3, 0.4) is 0 Å². The lowest BCUT2D eigenvalue weighted by molar-refractivity contribution is -0.131. The number of rotatable bonds is 6. The van der Waals surface area contributed by atoms with E-state index in [1.54, 1.807) is 18.1 Å². The van der Waals surface area contributed by atoms with Crippen molar-refractivity contribution in [2.75, 3.05) is 26.7 Å². The van der Waals surface area contributed by atoms with Crippen LogP contribution in [-0.4, -0.2) is 67.0 Å². The zero-order valence-electron chi connectivity index (χ0n) is 14.5. The first kappa shape index (κ1) is 16.2. The van der Waals surface area contributed by atoms with Crippen molar-refractivity contribution in [3.05, 3.63) is 24.3 Å². The molecule has 0 spiro atoms. The first-order chi connectivity index (χ1) is 12.3. The Labute approximate surface area is 146 Å². The molecule has 9 heteroatoms. The van der Waals surface area contributed by atoms with Crippen LogP contribution in [0, 0.1) is 0 Å². The minimum Gasteiger partial charge on any atom is -0.342 e. The fourth-order valence-corrected chi connectivity index (χ4v) is 3.56. The molecule has 1 saturated heterocycles. The maximum atomic E-state index is 12.0. The van der Waals surface area contributed by atoms with E-state index in [-0.39, 0.29) is 5.91 Å². The molecule has 1 amide bonds. The van der Waals surface area contributed by atoms with E-state index in [4.69, 9.17) is 0 Å². The summed E-state index contributed by atoms with van der Waals surface area (Å²) in [6, 6.07) is 0.521. The quantitative estimate of drug-likeness (QED) is 0.803. The Hall–Kier alpha value is -2.29. The molecule has 25 heavy (non-hydrogen) atoms. The molecular weight excluding hydrogens is 320 g/mol. The van der Waals surface area contributed by atoms with Crippen LogP contribution < -0.4 is 5.32 Å². The topological polar surface area (TPSA) is 93.8 Å². The fourth-order valence-electron chi connectivity index (χ4n) is 3.56. The first-order valence-electron chi connectivity index (χ1n) is 8.94. The highest BCUT2D eigenvalue weighted by molar-refractivity contribution is 5.78. The van der Waals surface area contributed by atoms with Crippen LogP contribution in [0.4, 0.5) is 0 Å². The van der Waals surface area contributed by atoms with E-state index in [9.17, 15) is 4.79 Å². The number of hydrogen-bond donors (Lipinski definition) is 1. The Kier molecular flexibility index (Phi) is 4.48. The average molecular weight is 344 g/mol. The SMILES string of the molecule is CNCC(=O)N1CCC(c2nnc(Cn3cncn3)n2C2CC2)CC1. The Balaban J connectivity index is 1.48. The average Bonchev–Trinajstić information content (AvgIpc) is 3.17. The monoisotopic (exact) mass is 344 g/mol. The largest absolute Gasteiger partial charge is 0.342 e. The standard InChI is InChI=1S/C16H24N8O/c1-17-8-15(25)22-6-4-12(5-7-22)16-21-20-14(24(16)13-2-3-13)9-23-11-18-10-19-23/h10-13,17H,2-9H2,1H3. The minimum atomic E-state index is 0.177. The smallest absolute Gasteiger partial charge is 0.236 e. The third-order valence-electron chi connectivity index (χ3n) is 5.02. The molecule has 9 nitrogen and oxygen atoms in total. The van der Waals surface area contributed by atoms with Gasteiger partial charge in [0.2, 0.25) is 5.91 Å². The number of likely N-dealkylation sites (N-methyl/N-ethyl adjacent to an activating group) is 1. The first-order valence-corrected chi connectivity index (χ1v) is 8.94. The molecular formula is C16H24N8O. The molecule has 2 aliphatic rings. The molecule has 2 aromatic heterocycles. The second-order valence-corrected chi connectivity index (χ2v) is 6.85. The maximum absolute atomic E-state index is 12.0. The Morgan fingerprint density at radius 3 is 2.68 bits per heavy atom. The van der Waals surface area contributed by atoms with Gasteiger partial charge >= 0.3 is 0 Å². The summed E-state index contributed by atoms with van der Waals surface area (Å²) in [6.07, 6.45) is 7.52. The van der Waals surface area contributed by atoms with E-state index in [1.165, 1.54) is 19.2 Å². The Morgan fingerprint density at radius 2 is 2.04 bits per heavy atom. The Morgan fingerprint density at radius 1 is 1.24 bits per heavy atom. The number of nitrogens with zero attached hydrogens (tertiary/aromatic N) is 7. The van der Waals surface area contributed by atoms with Crippen LogP contribution in [0.15, 0.2) is 12.7 Å². The second-order valence-electron chi connectivity index (χ2n) is 6.85. The lowest BCUT2D eigenvalue weighted by Crippen LogP contribution is -2.42. The van der Waals surface area contributed by atoms with Gasteiger partial charge in [-0.2, -0.15) is 5.10 Å². The highest BCUT2D eigenvalue weighted by Crippen LogP contribution is 2.39. The van der Waals surface area contributed by atoms with E-state index in [1.807, 2.05) is 4.90 Å². The van der Waals surface area contributed by atoms with Gasteiger partial charge in [0.05, 0.1) is 6.54 Å². The van der Waals surface area contributed by atoms with Gasteiger partial charge in [-0.1, -0.05) is 0 Å². The number of amides is 1. The van der Waals surface area contributed by atoms with Gasteiger partial charge in [0.1, 0.15) is 25.0 Å². The number of likely N-dealkylation sites (tertiary alicyclic amines) is 1. The summed E-state index contributed by atoms with van der Waals surface area (Å²) in [5.74, 6) is 2.59. The van der Waals surface area contributed by atoms with Crippen LogP contribution in [-0.2, 0) is 11.3 Å². The van der Waals surface area contributed by atoms with Crippen molar-refractivity contribution in [2.24, 2.45) is 0 Å². The number of aromatic nitrogens is 6. The van der Waals surface area contributed by atoms with Crippen molar-refractivity contribution >= 4 is 5.91 Å². The molecule has 134 valence electrons. The molecule has 0 unspecified atom stereocenters. The van der Waals surface area contributed by atoms with E-state index < -0.39 is 0 Å². The van der Waals surface area contributed by atoms with Crippen molar-refractivity contribution in [3.63, 3.8) is 0 Å². The fraction of sp³-hybridized carbons (Fsp3) is 0.688. The lowest BCUT2D eigenvalue weighted by atomic mass is 9.95. The number of piperidine rings is 1. The number of nitrogens with one attached hydrogen (secondary N) is 1. The molecule has 0 bridgehead atoms. The molecule has 1 N–H and O–H groups in total. The molecule has 0 radical (unpaired) electrons. The van der Waals surface area contributed by atoms with Gasteiger partial charge < -0.3 is 14.8 Å². The summed E-state index contributed by atoms with van der Waals surface area (Å²) >= 11 is 0. The summed E-state index contributed by atoms with van der Waals surface area (Å²) in [5, 5.41) is 16.1. The van der Waals surface area contributed by atoms with Crippen LogP contribution in [0.25, 0.3) is 0 Å². The van der Waals surface area contributed by atoms with Crippen molar-refractivity contribution in [1.29, 1.82) is 0 Å². The summed E-state index contributed by atoms with van der Waals surface area (Å²) in [4.78, 5) is 18.0. The lowest BCUT2D eigenvalue weighted by Gasteiger charge is -2.31. The van der Waals surface area contributed by atoms with E-state index in [0.717, 1.165) is 37.6 Å². The van der Waals surface area contributed by atoms with Crippen molar-refractivity contribution in [1.82, 2.24) is 39.7 Å². The summed E-state index contributed by atoms with van der Waals surface area (Å²) in [5.41, 5.74) is 0. The zero-order chi connectivity index (χ0) is 17.2. The van der Waals surface area contributed by atoms with Gasteiger partial charge in [0.25, 0.3) is 0 Å². The number of hydrogen-bond acceptors (Lipinski definition) is 6. The van der Waals surface area contributed by atoms with Gasteiger partial charge in [-0.15, -0.1) is 10.2 Å². The summed E-state index contributed by atoms with van der Waals surface area (Å²) < 4.78 is 4.10. The third-order valence-corrected chi connectivity index (χ3v) is 5.02. The molecule has 3 heterocycles. The van der Waals surface area contributed by atoms with E-state index in [0.29, 0.717) is 25.0 Å². The Bertz CT molecular complexity index is 713. The van der Waals surface area contributed by atoms with Gasteiger partial charge in [0, 0.05) is 25.0 Å². The molecule has 1 aliphatic carbocycles. The second kappa shape index (κ2) is 6.91. The molecule has 1 saturated carbocycles.